The number of hydrogen-bond donors (Lipinski definition) is 0. The number of carbonyl (C=O) groups is 1. The summed E-state index contributed by atoms with van der Waals surface area (Å²) in [4.78, 5) is 24.5. The Balaban J connectivity index is 1.42. The number of aryl methyl sites for hydroxylation is 1. The fraction of sp³-hybridized carbons (Fsp3) is 0.280. The van der Waals surface area contributed by atoms with Crippen LogP contribution >= 0.6 is 11.6 Å². The number of benzene rings is 2. The van der Waals surface area contributed by atoms with Crippen LogP contribution in [0.2, 0.25) is 5.02 Å². The van der Waals surface area contributed by atoms with Gasteiger partial charge in [0.05, 0.1) is 28.5 Å². The van der Waals surface area contributed by atoms with Gasteiger partial charge in [0.2, 0.25) is 0 Å². The van der Waals surface area contributed by atoms with E-state index in [2.05, 4.69) is 20.9 Å². The summed E-state index contributed by atoms with van der Waals surface area (Å²) in [6, 6.07) is 13.7. The Morgan fingerprint density at radius 3 is 2.75 bits per heavy atom. The average Bonchev–Trinajstić information content (AvgIpc) is 3.13. The van der Waals surface area contributed by atoms with Crippen molar-refractivity contribution in [3.63, 3.8) is 0 Å². The number of fused-ring (bicyclic) bond motifs is 5. The molecule has 2 bridgehead atoms. The zero-order valence-electron chi connectivity index (χ0n) is 17.7. The molecule has 0 spiro atoms. The molecule has 2 aromatic heterocycles. The Bertz CT molecular complexity index is 1360. The van der Waals surface area contributed by atoms with Gasteiger partial charge in [-0.1, -0.05) is 23.7 Å². The van der Waals surface area contributed by atoms with E-state index >= 15 is 0 Å². The predicted molar refractivity (Wildman–Crippen MR) is 123 cm³/mol. The molecule has 6 rings (SSSR count). The lowest BCUT2D eigenvalue weighted by atomic mass is 9.81. The second kappa shape index (κ2) is 7.41. The van der Waals surface area contributed by atoms with Crippen LogP contribution in [0, 0.1) is 0 Å². The maximum atomic E-state index is 13.7. The van der Waals surface area contributed by atoms with E-state index in [4.69, 9.17) is 16.7 Å². The molecule has 4 aromatic rings. The van der Waals surface area contributed by atoms with Crippen molar-refractivity contribution in [1.82, 2.24) is 24.6 Å². The van der Waals surface area contributed by atoms with E-state index in [1.165, 1.54) is 5.56 Å². The number of nitrogens with zero attached hydrogens (tertiary/aromatic N) is 5. The Morgan fingerprint density at radius 1 is 1.06 bits per heavy atom. The SMILES string of the molecule is Cn1nc2c(c1-c1cccc(Cl)c1)CC1CCCC2N1C(=O)c1ccc2nccnc2c1. The summed E-state index contributed by atoms with van der Waals surface area (Å²) in [6.07, 6.45) is 7.15. The van der Waals surface area contributed by atoms with E-state index in [1.54, 1.807) is 12.4 Å². The fourth-order valence-corrected chi connectivity index (χ4v) is 5.58. The molecule has 2 aromatic carbocycles. The highest BCUT2D eigenvalue weighted by molar-refractivity contribution is 6.30. The summed E-state index contributed by atoms with van der Waals surface area (Å²) < 4.78 is 1.95. The van der Waals surface area contributed by atoms with Crippen LogP contribution in [-0.4, -0.2) is 36.6 Å². The second-order valence-corrected chi connectivity index (χ2v) is 9.06. The van der Waals surface area contributed by atoms with Gasteiger partial charge in [0.15, 0.2) is 0 Å². The maximum absolute atomic E-state index is 13.7. The van der Waals surface area contributed by atoms with E-state index in [-0.39, 0.29) is 18.0 Å². The third-order valence-corrected chi connectivity index (χ3v) is 6.96. The van der Waals surface area contributed by atoms with Gasteiger partial charge in [-0.15, -0.1) is 0 Å². The van der Waals surface area contributed by atoms with Crippen LogP contribution in [-0.2, 0) is 13.5 Å². The molecule has 0 radical (unpaired) electrons. The standard InChI is InChI=1S/C25H22ClN5O/c1-30-24(15-4-2-5-17(26)12-15)19-14-18-6-3-7-22(23(19)29-30)31(18)25(32)16-8-9-20-21(13-16)28-11-10-27-20/h2,4-5,8-13,18,22H,3,6-7,14H2,1H3. The molecule has 7 heteroatoms. The molecule has 1 amide bonds. The maximum Gasteiger partial charge on any atom is 0.254 e. The average molecular weight is 444 g/mol. The Hall–Kier alpha value is -3.25. The number of halogens is 1. The molecule has 0 N–H and O–H groups in total. The summed E-state index contributed by atoms with van der Waals surface area (Å²) in [5.41, 5.74) is 6.63. The van der Waals surface area contributed by atoms with Crippen LogP contribution in [0.3, 0.4) is 0 Å². The quantitative estimate of drug-likeness (QED) is 0.438. The fourth-order valence-electron chi connectivity index (χ4n) is 5.39. The van der Waals surface area contributed by atoms with Gasteiger partial charge in [0.1, 0.15) is 0 Å². The van der Waals surface area contributed by atoms with Crippen molar-refractivity contribution in [2.24, 2.45) is 7.05 Å². The van der Waals surface area contributed by atoms with Gasteiger partial charge in [-0.05, 0) is 56.0 Å². The zero-order chi connectivity index (χ0) is 21.8. The summed E-state index contributed by atoms with van der Waals surface area (Å²) in [5, 5.41) is 5.62. The van der Waals surface area contributed by atoms with E-state index in [9.17, 15) is 4.79 Å². The normalized spacial score (nSPS) is 19.8. The Kier molecular flexibility index (Phi) is 4.50. The highest BCUT2D eigenvalue weighted by atomic mass is 35.5. The van der Waals surface area contributed by atoms with Gasteiger partial charge in [-0.25, -0.2) is 0 Å². The van der Waals surface area contributed by atoms with Crippen LogP contribution in [0.5, 0.6) is 0 Å². The predicted octanol–water partition coefficient (Wildman–Crippen LogP) is 4.98. The first-order valence-corrected chi connectivity index (χ1v) is 11.3. The molecule has 2 unspecified atom stereocenters. The largest absolute Gasteiger partial charge is 0.327 e. The molecule has 0 saturated carbocycles. The number of hydrogen-bond acceptors (Lipinski definition) is 4. The molecule has 2 atom stereocenters. The third-order valence-electron chi connectivity index (χ3n) is 6.72. The van der Waals surface area contributed by atoms with E-state index in [0.717, 1.165) is 53.7 Å². The number of piperidine rings is 1. The Morgan fingerprint density at radius 2 is 1.91 bits per heavy atom. The molecule has 32 heavy (non-hydrogen) atoms. The van der Waals surface area contributed by atoms with Crippen LogP contribution in [0.1, 0.15) is 46.9 Å². The lowest BCUT2D eigenvalue weighted by molar-refractivity contribution is 0.0392. The van der Waals surface area contributed by atoms with Gasteiger partial charge in [-0.2, -0.15) is 5.10 Å². The van der Waals surface area contributed by atoms with Crippen molar-refractivity contribution in [1.29, 1.82) is 0 Å². The van der Waals surface area contributed by atoms with Gasteiger partial charge in [-0.3, -0.25) is 19.4 Å². The first-order valence-electron chi connectivity index (χ1n) is 11.0. The topological polar surface area (TPSA) is 63.9 Å². The first kappa shape index (κ1) is 19.4. The minimum atomic E-state index is -0.0123. The first-order chi connectivity index (χ1) is 15.6. The summed E-state index contributed by atoms with van der Waals surface area (Å²) >= 11 is 6.27. The lowest BCUT2D eigenvalue weighted by Gasteiger charge is -2.45. The van der Waals surface area contributed by atoms with Gasteiger partial charge in [0.25, 0.3) is 5.91 Å². The third kappa shape index (κ3) is 3.01. The van der Waals surface area contributed by atoms with Crippen LogP contribution < -0.4 is 0 Å². The molecule has 160 valence electrons. The molecule has 4 heterocycles. The van der Waals surface area contributed by atoms with E-state index in [0.29, 0.717) is 10.6 Å². The van der Waals surface area contributed by atoms with Crippen molar-refractivity contribution in [3.8, 4) is 11.3 Å². The Labute approximate surface area is 190 Å². The number of rotatable bonds is 2. The van der Waals surface area contributed by atoms with Crippen molar-refractivity contribution in [2.75, 3.05) is 0 Å². The summed E-state index contributed by atoms with van der Waals surface area (Å²) in [6.45, 7) is 0. The molecule has 1 fully saturated rings. The minimum Gasteiger partial charge on any atom is -0.327 e. The highest BCUT2D eigenvalue weighted by Crippen LogP contribution is 2.45. The molecule has 0 aliphatic carbocycles. The molecular formula is C25H22ClN5O. The van der Waals surface area contributed by atoms with Crippen molar-refractivity contribution >= 4 is 28.5 Å². The smallest absolute Gasteiger partial charge is 0.254 e. The zero-order valence-corrected chi connectivity index (χ0v) is 18.5. The van der Waals surface area contributed by atoms with Gasteiger partial charge < -0.3 is 4.90 Å². The van der Waals surface area contributed by atoms with Crippen LogP contribution in [0.4, 0.5) is 0 Å². The van der Waals surface area contributed by atoms with E-state index < -0.39 is 0 Å². The highest BCUT2D eigenvalue weighted by Gasteiger charge is 2.43. The second-order valence-electron chi connectivity index (χ2n) is 8.62. The minimum absolute atomic E-state index is 0.0123. The van der Waals surface area contributed by atoms with Gasteiger partial charge in [0, 0.05) is 47.2 Å². The van der Waals surface area contributed by atoms with Crippen LogP contribution in [0.25, 0.3) is 22.3 Å². The molecule has 6 nitrogen and oxygen atoms in total. The molecular weight excluding hydrogens is 422 g/mol. The number of carbonyl (C=O) groups excluding carboxylic acids is 1. The molecule has 1 saturated heterocycles. The number of amides is 1. The number of aromatic nitrogens is 4. The lowest BCUT2D eigenvalue weighted by Crippen LogP contribution is -2.49. The summed E-state index contributed by atoms with van der Waals surface area (Å²) in [7, 11) is 1.98. The molecule has 2 aliphatic rings. The van der Waals surface area contributed by atoms with Crippen molar-refractivity contribution < 1.29 is 4.79 Å². The molecule has 2 aliphatic heterocycles. The summed E-state index contributed by atoms with van der Waals surface area (Å²) in [5.74, 6) is 0.0489. The van der Waals surface area contributed by atoms with E-state index in [1.807, 2.05) is 48.1 Å². The van der Waals surface area contributed by atoms with Crippen molar-refractivity contribution in [2.45, 2.75) is 37.8 Å². The van der Waals surface area contributed by atoms with Crippen LogP contribution in [0.15, 0.2) is 54.9 Å². The monoisotopic (exact) mass is 443 g/mol. The van der Waals surface area contributed by atoms with Crippen molar-refractivity contribution in [3.05, 3.63) is 76.7 Å². The van der Waals surface area contributed by atoms with Gasteiger partial charge >= 0.3 is 0 Å².